The fraction of sp³-hybridized carbons (Fsp3) is 0.167. The fourth-order valence-corrected chi connectivity index (χ4v) is 1.99. The summed E-state index contributed by atoms with van der Waals surface area (Å²) in [5, 5.41) is 4.30. The van der Waals surface area contributed by atoms with Gasteiger partial charge < -0.3 is 10.1 Å². The van der Waals surface area contributed by atoms with E-state index in [9.17, 15) is 14.4 Å². The zero-order valence-electron chi connectivity index (χ0n) is 13.4. The summed E-state index contributed by atoms with van der Waals surface area (Å²) >= 11 is 0. The molecule has 24 heavy (non-hydrogen) atoms. The molecule has 0 aromatic heterocycles. The number of imide groups is 1. The number of ether oxygens (including phenoxy) is 1. The molecular weight excluding hydrogens is 308 g/mol. The second-order valence-electron chi connectivity index (χ2n) is 5.06. The third-order valence-electron chi connectivity index (χ3n) is 3.34. The van der Waals surface area contributed by atoms with Gasteiger partial charge in [-0.1, -0.05) is 42.5 Å². The minimum Gasteiger partial charge on any atom is -0.449 e. The highest BCUT2D eigenvalue weighted by Crippen LogP contribution is 2.19. The molecule has 0 aliphatic rings. The van der Waals surface area contributed by atoms with Gasteiger partial charge in [-0.2, -0.15) is 0 Å². The Labute approximate surface area is 139 Å². The maximum Gasteiger partial charge on any atom is 0.338 e. The lowest BCUT2D eigenvalue weighted by atomic mass is 10.0. The Balaban J connectivity index is 2.00. The number of benzene rings is 2. The molecule has 0 aliphatic heterocycles. The van der Waals surface area contributed by atoms with Crippen LogP contribution in [0.3, 0.4) is 0 Å². The van der Waals surface area contributed by atoms with Crippen molar-refractivity contribution < 1.29 is 19.1 Å². The van der Waals surface area contributed by atoms with Gasteiger partial charge in [0, 0.05) is 7.05 Å². The number of amides is 3. The Morgan fingerprint density at radius 1 is 0.917 bits per heavy atom. The number of rotatable bonds is 4. The molecule has 1 atom stereocenters. The SMILES string of the molecule is CNC(=O)NC(=O)C(C)OC(=O)c1ccc(-c2ccccc2)cc1. The average molecular weight is 326 g/mol. The first-order valence-corrected chi connectivity index (χ1v) is 7.40. The molecule has 0 aliphatic carbocycles. The highest BCUT2D eigenvalue weighted by molar-refractivity contribution is 5.98. The fourth-order valence-electron chi connectivity index (χ4n) is 1.99. The van der Waals surface area contributed by atoms with E-state index in [1.165, 1.54) is 14.0 Å². The summed E-state index contributed by atoms with van der Waals surface area (Å²) in [5.41, 5.74) is 2.34. The van der Waals surface area contributed by atoms with Crippen molar-refractivity contribution in [2.75, 3.05) is 7.05 Å². The Morgan fingerprint density at radius 3 is 2.08 bits per heavy atom. The van der Waals surface area contributed by atoms with E-state index in [2.05, 4.69) is 10.6 Å². The summed E-state index contributed by atoms with van der Waals surface area (Å²) in [6.07, 6.45) is -1.08. The minimum absolute atomic E-state index is 0.328. The van der Waals surface area contributed by atoms with Crippen molar-refractivity contribution in [3.05, 3.63) is 60.2 Å². The summed E-state index contributed by atoms with van der Waals surface area (Å²) in [6.45, 7) is 1.40. The van der Waals surface area contributed by atoms with Crippen molar-refractivity contribution in [3.8, 4) is 11.1 Å². The largest absolute Gasteiger partial charge is 0.449 e. The first kappa shape index (κ1) is 17.2. The second kappa shape index (κ2) is 7.92. The number of hydrogen-bond donors (Lipinski definition) is 2. The lowest BCUT2D eigenvalue weighted by molar-refractivity contribution is -0.127. The molecule has 0 fully saturated rings. The predicted octanol–water partition coefficient (Wildman–Crippen LogP) is 2.35. The number of nitrogens with one attached hydrogen (secondary N) is 2. The molecule has 0 bridgehead atoms. The van der Waals surface area contributed by atoms with E-state index < -0.39 is 24.0 Å². The molecule has 1 unspecified atom stereocenters. The zero-order chi connectivity index (χ0) is 17.5. The van der Waals surface area contributed by atoms with E-state index in [0.29, 0.717) is 5.56 Å². The highest BCUT2D eigenvalue weighted by atomic mass is 16.5. The van der Waals surface area contributed by atoms with Gasteiger partial charge in [0.1, 0.15) is 0 Å². The van der Waals surface area contributed by atoms with Crippen LogP contribution in [0.2, 0.25) is 0 Å². The van der Waals surface area contributed by atoms with Crippen molar-refractivity contribution in [2.24, 2.45) is 0 Å². The first-order valence-electron chi connectivity index (χ1n) is 7.40. The van der Waals surface area contributed by atoms with Crippen LogP contribution in [0, 0.1) is 0 Å². The van der Waals surface area contributed by atoms with E-state index in [1.54, 1.807) is 24.3 Å². The first-order chi connectivity index (χ1) is 11.5. The molecule has 3 amide bonds. The van der Waals surface area contributed by atoms with Crippen LogP contribution in [0.4, 0.5) is 4.79 Å². The van der Waals surface area contributed by atoms with Gasteiger partial charge in [-0.15, -0.1) is 0 Å². The molecule has 0 radical (unpaired) electrons. The summed E-state index contributed by atoms with van der Waals surface area (Å²) in [5.74, 6) is -1.32. The topological polar surface area (TPSA) is 84.5 Å². The van der Waals surface area contributed by atoms with Gasteiger partial charge in [-0.25, -0.2) is 9.59 Å². The van der Waals surface area contributed by atoms with E-state index in [0.717, 1.165) is 11.1 Å². The Kier molecular flexibility index (Phi) is 5.68. The van der Waals surface area contributed by atoms with Crippen LogP contribution in [-0.2, 0) is 9.53 Å². The van der Waals surface area contributed by atoms with Gasteiger partial charge in [-0.3, -0.25) is 10.1 Å². The molecule has 0 saturated carbocycles. The lowest BCUT2D eigenvalue weighted by Gasteiger charge is -2.13. The van der Waals surface area contributed by atoms with Gasteiger partial charge in [0.2, 0.25) is 0 Å². The maximum absolute atomic E-state index is 12.1. The van der Waals surface area contributed by atoms with Crippen LogP contribution in [0.15, 0.2) is 54.6 Å². The van der Waals surface area contributed by atoms with E-state index in [4.69, 9.17) is 4.74 Å². The summed E-state index contributed by atoms with van der Waals surface area (Å²) < 4.78 is 5.06. The summed E-state index contributed by atoms with van der Waals surface area (Å²) in [7, 11) is 1.38. The van der Waals surface area contributed by atoms with Crippen LogP contribution >= 0.6 is 0 Å². The summed E-state index contributed by atoms with van der Waals surface area (Å²) in [6, 6.07) is 16.0. The van der Waals surface area contributed by atoms with Crippen molar-refractivity contribution >= 4 is 17.9 Å². The van der Waals surface area contributed by atoms with Crippen molar-refractivity contribution in [1.29, 1.82) is 0 Å². The lowest BCUT2D eigenvalue weighted by Crippen LogP contribution is -2.43. The van der Waals surface area contributed by atoms with Crippen LogP contribution in [0.5, 0.6) is 0 Å². The number of urea groups is 1. The van der Waals surface area contributed by atoms with E-state index in [1.807, 2.05) is 30.3 Å². The quantitative estimate of drug-likeness (QED) is 0.845. The standard InChI is InChI=1S/C18H18N2O4/c1-12(16(21)20-18(23)19-2)24-17(22)15-10-8-14(9-11-15)13-6-4-3-5-7-13/h3-12H,1-2H3,(H2,19,20,21,23). The van der Waals surface area contributed by atoms with Gasteiger partial charge in [0.15, 0.2) is 6.10 Å². The molecule has 0 heterocycles. The van der Waals surface area contributed by atoms with Gasteiger partial charge in [-0.05, 0) is 30.2 Å². The Morgan fingerprint density at radius 2 is 1.50 bits per heavy atom. The third kappa shape index (κ3) is 4.42. The van der Waals surface area contributed by atoms with E-state index in [-0.39, 0.29) is 0 Å². The molecule has 6 nitrogen and oxygen atoms in total. The number of carbonyl (C=O) groups excluding carboxylic acids is 3. The molecule has 0 spiro atoms. The molecule has 6 heteroatoms. The molecule has 2 N–H and O–H groups in total. The van der Waals surface area contributed by atoms with Crippen LogP contribution < -0.4 is 10.6 Å². The normalized spacial score (nSPS) is 11.2. The molecule has 2 aromatic carbocycles. The number of esters is 1. The second-order valence-corrected chi connectivity index (χ2v) is 5.06. The van der Waals surface area contributed by atoms with Gasteiger partial charge in [0.25, 0.3) is 5.91 Å². The summed E-state index contributed by atoms with van der Waals surface area (Å²) in [4.78, 5) is 34.8. The smallest absolute Gasteiger partial charge is 0.338 e. The Bertz CT molecular complexity index is 726. The van der Waals surface area contributed by atoms with Crippen molar-refractivity contribution in [3.63, 3.8) is 0 Å². The molecular formula is C18H18N2O4. The number of hydrogen-bond acceptors (Lipinski definition) is 4. The molecule has 0 saturated heterocycles. The van der Waals surface area contributed by atoms with Crippen molar-refractivity contribution in [1.82, 2.24) is 10.6 Å². The van der Waals surface area contributed by atoms with Crippen molar-refractivity contribution in [2.45, 2.75) is 13.0 Å². The molecule has 2 rings (SSSR count). The minimum atomic E-state index is -1.08. The molecule has 124 valence electrons. The highest BCUT2D eigenvalue weighted by Gasteiger charge is 2.20. The van der Waals surface area contributed by atoms with Crippen LogP contribution in [-0.4, -0.2) is 31.1 Å². The monoisotopic (exact) mass is 326 g/mol. The Hall–Kier alpha value is -3.15. The average Bonchev–Trinajstić information content (AvgIpc) is 2.62. The van der Waals surface area contributed by atoms with E-state index >= 15 is 0 Å². The number of carbonyl (C=O) groups is 3. The predicted molar refractivity (Wildman–Crippen MR) is 89.4 cm³/mol. The zero-order valence-corrected chi connectivity index (χ0v) is 13.4. The third-order valence-corrected chi connectivity index (χ3v) is 3.34. The molecule has 2 aromatic rings. The van der Waals surface area contributed by atoms with Gasteiger partial charge >= 0.3 is 12.0 Å². The van der Waals surface area contributed by atoms with Crippen LogP contribution in [0.25, 0.3) is 11.1 Å². The maximum atomic E-state index is 12.1. The van der Waals surface area contributed by atoms with Crippen LogP contribution in [0.1, 0.15) is 17.3 Å². The van der Waals surface area contributed by atoms with Gasteiger partial charge in [0.05, 0.1) is 5.56 Å².